The lowest BCUT2D eigenvalue weighted by Gasteiger charge is -2.35. The van der Waals surface area contributed by atoms with Crippen molar-refractivity contribution in [2.24, 2.45) is 11.8 Å². The SMILES string of the molecule is CCCC(CC1CCCC1)C(=O)N1CCC(n2ncc(C(=O)O)c2C)CC1. The number of carbonyl (C=O) groups is 2. The summed E-state index contributed by atoms with van der Waals surface area (Å²) in [5.41, 5.74) is 0.977. The van der Waals surface area contributed by atoms with Crippen LogP contribution in [0, 0.1) is 18.8 Å². The Hall–Kier alpha value is -1.85. The van der Waals surface area contributed by atoms with Crippen molar-refractivity contribution in [1.82, 2.24) is 14.7 Å². The molecule has 6 nitrogen and oxygen atoms in total. The number of likely N-dealkylation sites (tertiary alicyclic amines) is 1. The first-order valence-corrected chi connectivity index (χ1v) is 10.6. The molecule has 1 saturated carbocycles. The molecule has 1 N–H and O–H groups in total. The maximum Gasteiger partial charge on any atom is 0.339 e. The van der Waals surface area contributed by atoms with Gasteiger partial charge in [-0.3, -0.25) is 9.48 Å². The van der Waals surface area contributed by atoms with Gasteiger partial charge in [-0.05, 0) is 38.5 Å². The highest BCUT2D eigenvalue weighted by Crippen LogP contribution is 2.33. The number of amides is 1. The summed E-state index contributed by atoms with van der Waals surface area (Å²) in [5.74, 6) is 0.329. The van der Waals surface area contributed by atoms with Crippen molar-refractivity contribution in [3.63, 3.8) is 0 Å². The molecule has 6 heteroatoms. The molecule has 0 radical (unpaired) electrons. The van der Waals surface area contributed by atoms with Crippen LogP contribution in [0.4, 0.5) is 0 Å². The first-order valence-electron chi connectivity index (χ1n) is 10.6. The van der Waals surface area contributed by atoms with E-state index < -0.39 is 5.97 Å². The van der Waals surface area contributed by atoms with E-state index in [1.807, 2.05) is 16.5 Å². The van der Waals surface area contributed by atoms with Gasteiger partial charge in [-0.2, -0.15) is 5.10 Å². The molecule has 27 heavy (non-hydrogen) atoms. The number of nitrogens with zero attached hydrogens (tertiary/aromatic N) is 3. The van der Waals surface area contributed by atoms with Crippen LogP contribution in [0.25, 0.3) is 0 Å². The van der Waals surface area contributed by atoms with E-state index in [4.69, 9.17) is 0 Å². The van der Waals surface area contributed by atoms with E-state index in [0.29, 0.717) is 11.6 Å². The highest BCUT2D eigenvalue weighted by Gasteiger charge is 2.31. The van der Waals surface area contributed by atoms with E-state index in [1.165, 1.54) is 31.9 Å². The zero-order valence-electron chi connectivity index (χ0n) is 16.7. The third-order valence-electron chi connectivity index (χ3n) is 6.48. The molecule has 3 rings (SSSR count). The third-order valence-corrected chi connectivity index (χ3v) is 6.48. The Kier molecular flexibility index (Phi) is 6.55. The van der Waals surface area contributed by atoms with Crippen molar-refractivity contribution in [1.29, 1.82) is 0 Å². The van der Waals surface area contributed by atoms with Gasteiger partial charge in [0.2, 0.25) is 5.91 Å². The number of rotatable bonds is 7. The summed E-state index contributed by atoms with van der Waals surface area (Å²) in [6, 6.07) is 0.182. The van der Waals surface area contributed by atoms with Crippen LogP contribution < -0.4 is 0 Å². The molecule has 0 spiro atoms. The second-order valence-corrected chi connectivity index (χ2v) is 8.32. The van der Waals surface area contributed by atoms with Crippen molar-refractivity contribution in [3.8, 4) is 0 Å². The Bertz CT molecular complexity index is 656. The van der Waals surface area contributed by atoms with Gasteiger partial charge in [0.05, 0.1) is 17.9 Å². The predicted molar refractivity (Wildman–Crippen MR) is 104 cm³/mol. The summed E-state index contributed by atoms with van der Waals surface area (Å²) in [6.45, 7) is 5.47. The molecule has 1 saturated heterocycles. The molecule has 2 fully saturated rings. The fourth-order valence-corrected chi connectivity index (χ4v) is 4.93. The van der Waals surface area contributed by atoms with Crippen LogP contribution in [0.3, 0.4) is 0 Å². The normalized spacial score (nSPS) is 20.1. The highest BCUT2D eigenvalue weighted by molar-refractivity contribution is 5.88. The van der Waals surface area contributed by atoms with E-state index >= 15 is 0 Å². The maximum atomic E-state index is 13.1. The quantitative estimate of drug-likeness (QED) is 0.780. The lowest BCUT2D eigenvalue weighted by atomic mass is 9.88. The standard InChI is InChI=1S/C21H33N3O3/c1-3-6-17(13-16-7-4-5-8-16)20(25)23-11-9-18(10-12-23)24-15(2)19(14-22-24)21(26)27/h14,16-18H,3-13H2,1-2H3,(H,26,27). The lowest BCUT2D eigenvalue weighted by molar-refractivity contribution is -0.137. The Balaban J connectivity index is 1.58. The van der Waals surface area contributed by atoms with Crippen molar-refractivity contribution < 1.29 is 14.7 Å². The monoisotopic (exact) mass is 375 g/mol. The van der Waals surface area contributed by atoms with Gasteiger partial charge in [-0.1, -0.05) is 39.0 Å². The van der Waals surface area contributed by atoms with Crippen molar-refractivity contribution in [3.05, 3.63) is 17.5 Å². The Labute approximate surface area is 161 Å². The van der Waals surface area contributed by atoms with E-state index in [0.717, 1.165) is 51.1 Å². The van der Waals surface area contributed by atoms with Gasteiger partial charge in [-0.25, -0.2) is 4.79 Å². The van der Waals surface area contributed by atoms with E-state index in [1.54, 1.807) is 0 Å². The molecule has 1 aliphatic carbocycles. The zero-order chi connectivity index (χ0) is 19.4. The number of piperidine rings is 1. The minimum Gasteiger partial charge on any atom is -0.478 e. The van der Waals surface area contributed by atoms with Gasteiger partial charge in [-0.15, -0.1) is 0 Å². The fraction of sp³-hybridized carbons (Fsp3) is 0.762. The van der Waals surface area contributed by atoms with E-state index in [-0.39, 0.29) is 17.5 Å². The molecular formula is C21H33N3O3. The second kappa shape index (κ2) is 8.89. The van der Waals surface area contributed by atoms with Crippen LogP contribution in [-0.4, -0.2) is 44.8 Å². The molecule has 1 aromatic rings. The molecule has 2 aliphatic rings. The molecule has 1 aliphatic heterocycles. The third kappa shape index (κ3) is 4.53. The predicted octanol–water partition coefficient (Wildman–Crippen LogP) is 4.05. The number of aromatic carboxylic acids is 1. The van der Waals surface area contributed by atoms with E-state index in [2.05, 4.69) is 12.0 Å². The van der Waals surface area contributed by atoms with Gasteiger partial charge in [0.1, 0.15) is 5.56 Å². The molecule has 0 aromatic carbocycles. The summed E-state index contributed by atoms with van der Waals surface area (Å²) in [7, 11) is 0. The zero-order valence-corrected chi connectivity index (χ0v) is 16.7. The molecule has 1 amide bonds. The van der Waals surface area contributed by atoms with Crippen LogP contribution in [0.2, 0.25) is 0 Å². The summed E-state index contributed by atoms with van der Waals surface area (Å²) in [4.78, 5) is 26.4. The summed E-state index contributed by atoms with van der Waals surface area (Å²) in [5, 5.41) is 13.5. The fourth-order valence-electron chi connectivity index (χ4n) is 4.93. The largest absolute Gasteiger partial charge is 0.478 e. The Morgan fingerprint density at radius 3 is 2.44 bits per heavy atom. The van der Waals surface area contributed by atoms with Gasteiger partial charge in [0.15, 0.2) is 0 Å². The number of hydrogen-bond acceptors (Lipinski definition) is 3. The molecule has 1 unspecified atom stereocenters. The maximum absolute atomic E-state index is 13.1. The van der Waals surface area contributed by atoms with Crippen molar-refractivity contribution >= 4 is 11.9 Å². The lowest BCUT2D eigenvalue weighted by Crippen LogP contribution is -2.42. The number of hydrogen-bond donors (Lipinski definition) is 1. The van der Waals surface area contributed by atoms with Crippen LogP contribution in [-0.2, 0) is 4.79 Å². The number of carbonyl (C=O) groups excluding carboxylic acids is 1. The Morgan fingerprint density at radius 1 is 1.22 bits per heavy atom. The smallest absolute Gasteiger partial charge is 0.339 e. The molecule has 150 valence electrons. The van der Waals surface area contributed by atoms with Gasteiger partial charge >= 0.3 is 5.97 Å². The molecule has 0 bridgehead atoms. The van der Waals surface area contributed by atoms with Crippen molar-refractivity contribution in [2.45, 2.75) is 77.7 Å². The molecular weight excluding hydrogens is 342 g/mol. The highest BCUT2D eigenvalue weighted by atomic mass is 16.4. The molecule has 2 heterocycles. The topological polar surface area (TPSA) is 75.4 Å². The van der Waals surface area contributed by atoms with Crippen molar-refractivity contribution in [2.75, 3.05) is 13.1 Å². The molecule has 1 aromatic heterocycles. The number of carboxylic acids is 1. The van der Waals surface area contributed by atoms with Crippen LogP contribution in [0.15, 0.2) is 6.20 Å². The van der Waals surface area contributed by atoms with Crippen LogP contribution >= 0.6 is 0 Å². The first-order chi connectivity index (χ1) is 13.0. The van der Waals surface area contributed by atoms with Gasteiger partial charge < -0.3 is 10.0 Å². The van der Waals surface area contributed by atoms with E-state index in [9.17, 15) is 14.7 Å². The number of aromatic nitrogens is 2. The summed E-state index contributed by atoms with van der Waals surface area (Å²) >= 11 is 0. The molecule has 1 atom stereocenters. The van der Waals surface area contributed by atoms with Gasteiger partial charge in [0, 0.05) is 19.0 Å². The number of carboxylic acid groups (broad SMARTS) is 1. The van der Waals surface area contributed by atoms with Gasteiger partial charge in [0.25, 0.3) is 0 Å². The second-order valence-electron chi connectivity index (χ2n) is 8.32. The minimum absolute atomic E-state index is 0.180. The average Bonchev–Trinajstić information content (AvgIpc) is 3.30. The van der Waals surface area contributed by atoms with Crippen LogP contribution in [0.5, 0.6) is 0 Å². The summed E-state index contributed by atoms with van der Waals surface area (Å²) < 4.78 is 1.84. The Morgan fingerprint density at radius 2 is 1.89 bits per heavy atom. The first kappa shape index (κ1) is 19.9. The summed E-state index contributed by atoms with van der Waals surface area (Å²) in [6.07, 6.45) is 11.5. The average molecular weight is 376 g/mol. The van der Waals surface area contributed by atoms with Crippen LogP contribution in [0.1, 0.15) is 86.8 Å². The minimum atomic E-state index is -0.930.